The maximum Gasteiger partial charge on any atom is 0.339 e. The highest BCUT2D eigenvalue weighted by Crippen LogP contribution is 2.19. The Balaban J connectivity index is 2.20. The molecule has 0 saturated carbocycles. The normalized spacial score (nSPS) is 9.88. The fourth-order valence-corrected chi connectivity index (χ4v) is 2.67. The van der Waals surface area contributed by atoms with Gasteiger partial charge in [0.25, 0.3) is 0 Å². The van der Waals surface area contributed by atoms with Crippen LogP contribution < -0.4 is 0 Å². The van der Waals surface area contributed by atoms with E-state index in [2.05, 4.69) is 20.1 Å². The van der Waals surface area contributed by atoms with Gasteiger partial charge < -0.3 is 9.30 Å². The Bertz CT molecular complexity index is 847. The molecule has 0 aliphatic carbocycles. The third-order valence-corrected chi connectivity index (χ3v) is 3.87. The second kappa shape index (κ2) is 9.78. The molecule has 0 N–H and O–H groups in total. The molecule has 0 amide bonds. The number of nitrogens with zero attached hydrogens (tertiary/aromatic N) is 7. The Hall–Kier alpha value is -3.41. The van der Waals surface area contributed by atoms with Crippen molar-refractivity contribution in [3.8, 4) is 0 Å². The number of hydrogen-bond donors (Lipinski definition) is 0. The second-order valence-corrected chi connectivity index (χ2v) is 5.51. The molecule has 2 aromatic rings. The summed E-state index contributed by atoms with van der Waals surface area (Å²) in [6.45, 7) is 2.67. The molecule has 0 aliphatic rings. The van der Waals surface area contributed by atoms with E-state index in [0.29, 0.717) is 17.8 Å². The first-order chi connectivity index (χ1) is 12.7. The van der Waals surface area contributed by atoms with Gasteiger partial charge in [-0.2, -0.15) is 0 Å². The lowest BCUT2D eigenvalue weighted by molar-refractivity contribution is 0.0515. The monoisotopic (exact) mass is 353 g/mol. The number of carbonyl (C=O) groups is 1. The zero-order chi connectivity index (χ0) is 18.8. The van der Waals surface area contributed by atoms with Crippen LogP contribution in [0.3, 0.4) is 0 Å². The van der Waals surface area contributed by atoms with Gasteiger partial charge in [0.2, 0.25) is 0 Å². The summed E-state index contributed by atoms with van der Waals surface area (Å²) < 4.78 is 7.09. The fraction of sp³-hybridized carbons (Fsp3) is 0.353. The molecule has 0 radical (unpaired) electrons. The molecule has 0 spiro atoms. The number of azide groups is 2. The van der Waals surface area contributed by atoms with E-state index in [4.69, 9.17) is 15.8 Å². The summed E-state index contributed by atoms with van der Waals surface area (Å²) in [6.07, 6.45) is 0.783. The minimum absolute atomic E-state index is 0.00189. The molecular weight excluding hydrogens is 334 g/mol. The van der Waals surface area contributed by atoms with Crippen molar-refractivity contribution < 1.29 is 9.53 Å². The Morgan fingerprint density at radius 2 is 1.92 bits per heavy atom. The minimum Gasteiger partial charge on any atom is -0.462 e. The van der Waals surface area contributed by atoms with Crippen LogP contribution >= 0.6 is 0 Å². The molecule has 2 rings (SSSR count). The van der Waals surface area contributed by atoms with Crippen LogP contribution in [0.25, 0.3) is 20.9 Å². The molecule has 0 bridgehead atoms. The van der Waals surface area contributed by atoms with Crippen molar-refractivity contribution in [3.63, 3.8) is 0 Å². The average Bonchev–Trinajstić information content (AvgIpc) is 2.98. The van der Waals surface area contributed by atoms with E-state index < -0.39 is 5.97 Å². The van der Waals surface area contributed by atoms with Crippen molar-refractivity contribution in [3.05, 3.63) is 79.8 Å². The smallest absolute Gasteiger partial charge is 0.339 e. The molecule has 1 aromatic carbocycles. The van der Waals surface area contributed by atoms with Crippen molar-refractivity contribution in [1.82, 2.24) is 4.57 Å². The standard InChI is InChI=1S/C17H19N7O2/c1-13-11-15(17(25)26-10-8-20-22-18)16(12-21-23-19)24(13)9-7-14-5-3-2-4-6-14/h2-6,11H,7-10,12H2,1H3. The molecule has 9 nitrogen and oxygen atoms in total. The summed E-state index contributed by atoms with van der Waals surface area (Å²) in [5.41, 5.74) is 19.9. The Labute approximate surface area is 150 Å². The zero-order valence-corrected chi connectivity index (χ0v) is 14.4. The van der Waals surface area contributed by atoms with Gasteiger partial charge >= 0.3 is 5.97 Å². The molecule has 9 heteroatoms. The highest BCUT2D eigenvalue weighted by molar-refractivity contribution is 5.91. The van der Waals surface area contributed by atoms with Gasteiger partial charge in [0.05, 0.1) is 25.3 Å². The number of ether oxygens (including phenoxy) is 1. The van der Waals surface area contributed by atoms with Crippen molar-refractivity contribution >= 4 is 5.97 Å². The molecule has 134 valence electrons. The van der Waals surface area contributed by atoms with Crippen LogP contribution in [0.4, 0.5) is 0 Å². The van der Waals surface area contributed by atoms with Crippen LogP contribution in [0, 0.1) is 6.92 Å². The van der Waals surface area contributed by atoms with Gasteiger partial charge in [-0.05, 0) is 36.0 Å². The van der Waals surface area contributed by atoms with E-state index in [1.54, 1.807) is 6.07 Å². The van der Waals surface area contributed by atoms with E-state index >= 15 is 0 Å². The lowest BCUT2D eigenvalue weighted by Gasteiger charge is -2.12. The number of carbonyl (C=O) groups excluding carboxylic acids is 1. The highest BCUT2D eigenvalue weighted by atomic mass is 16.5. The van der Waals surface area contributed by atoms with Gasteiger partial charge in [-0.15, -0.1) is 0 Å². The number of esters is 1. The van der Waals surface area contributed by atoms with Crippen LogP contribution in [0.2, 0.25) is 0 Å². The van der Waals surface area contributed by atoms with Gasteiger partial charge in [-0.3, -0.25) is 0 Å². The number of aromatic nitrogens is 1. The first-order valence-electron chi connectivity index (χ1n) is 8.09. The fourth-order valence-electron chi connectivity index (χ4n) is 2.67. The number of benzene rings is 1. The highest BCUT2D eigenvalue weighted by Gasteiger charge is 2.19. The minimum atomic E-state index is -0.525. The molecule has 0 unspecified atom stereocenters. The topological polar surface area (TPSA) is 129 Å². The van der Waals surface area contributed by atoms with E-state index in [-0.39, 0.29) is 19.7 Å². The van der Waals surface area contributed by atoms with Gasteiger partial charge in [-0.1, -0.05) is 40.6 Å². The lowest BCUT2D eigenvalue weighted by Crippen LogP contribution is -2.12. The average molecular weight is 353 g/mol. The molecule has 1 aromatic heterocycles. The van der Waals surface area contributed by atoms with Crippen LogP contribution in [0.5, 0.6) is 0 Å². The molecule has 1 heterocycles. The summed E-state index contributed by atoms with van der Waals surface area (Å²) in [5.74, 6) is -0.525. The number of rotatable bonds is 9. The largest absolute Gasteiger partial charge is 0.462 e. The van der Waals surface area contributed by atoms with Crippen LogP contribution in [0.1, 0.15) is 27.3 Å². The predicted octanol–water partition coefficient (Wildman–Crippen LogP) is 4.32. The molecule has 0 aliphatic heterocycles. The third kappa shape index (κ3) is 5.04. The molecule has 0 fully saturated rings. The third-order valence-electron chi connectivity index (χ3n) is 3.87. The summed E-state index contributed by atoms with van der Waals surface area (Å²) in [4.78, 5) is 17.7. The summed E-state index contributed by atoms with van der Waals surface area (Å²) >= 11 is 0. The number of hydrogen-bond acceptors (Lipinski definition) is 4. The van der Waals surface area contributed by atoms with Gasteiger partial charge in [0.1, 0.15) is 0 Å². The first kappa shape index (κ1) is 18.9. The van der Waals surface area contributed by atoms with Crippen molar-refractivity contribution in [2.24, 2.45) is 10.2 Å². The summed E-state index contributed by atoms with van der Waals surface area (Å²) in [5, 5.41) is 6.94. The molecule has 0 saturated heterocycles. The molecule has 26 heavy (non-hydrogen) atoms. The first-order valence-corrected chi connectivity index (χ1v) is 8.09. The van der Waals surface area contributed by atoms with E-state index in [1.807, 2.05) is 41.8 Å². The van der Waals surface area contributed by atoms with E-state index in [1.165, 1.54) is 5.56 Å². The lowest BCUT2D eigenvalue weighted by atomic mass is 10.1. The predicted molar refractivity (Wildman–Crippen MR) is 96.5 cm³/mol. The van der Waals surface area contributed by atoms with Crippen LogP contribution in [-0.2, 0) is 24.2 Å². The quantitative estimate of drug-likeness (QED) is 0.219. The second-order valence-electron chi connectivity index (χ2n) is 5.51. The maximum absolute atomic E-state index is 12.3. The van der Waals surface area contributed by atoms with E-state index in [9.17, 15) is 4.79 Å². The summed E-state index contributed by atoms with van der Waals surface area (Å²) in [6, 6.07) is 11.7. The molecular formula is C17H19N7O2. The summed E-state index contributed by atoms with van der Waals surface area (Å²) in [7, 11) is 0. The van der Waals surface area contributed by atoms with Gasteiger partial charge in [0.15, 0.2) is 0 Å². The Morgan fingerprint density at radius 3 is 2.62 bits per heavy atom. The number of aryl methyl sites for hydroxylation is 2. The van der Waals surface area contributed by atoms with Crippen LogP contribution in [-0.4, -0.2) is 23.7 Å². The van der Waals surface area contributed by atoms with E-state index in [0.717, 1.165) is 12.1 Å². The SMILES string of the molecule is Cc1cc(C(=O)OCCN=[N+]=[N-])c(CN=[N+]=[N-])n1CCc1ccccc1. The van der Waals surface area contributed by atoms with Crippen LogP contribution in [0.15, 0.2) is 46.6 Å². The zero-order valence-electron chi connectivity index (χ0n) is 14.4. The molecule has 0 atom stereocenters. The Kier molecular flexibility index (Phi) is 7.12. The van der Waals surface area contributed by atoms with Crippen molar-refractivity contribution in [2.45, 2.75) is 26.4 Å². The van der Waals surface area contributed by atoms with Gasteiger partial charge in [-0.25, -0.2) is 4.79 Å². The van der Waals surface area contributed by atoms with Gasteiger partial charge in [0, 0.05) is 27.8 Å². The maximum atomic E-state index is 12.3. The Morgan fingerprint density at radius 1 is 1.19 bits per heavy atom. The van der Waals surface area contributed by atoms with Crippen molar-refractivity contribution in [1.29, 1.82) is 0 Å². The van der Waals surface area contributed by atoms with Crippen molar-refractivity contribution in [2.75, 3.05) is 13.2 Å².